The zero-order valence-electron chi connectivity index (χ0n) is 13.7. The van der Waals surface area contributed by atoms with Crippen molar-refractivity contribution < 1.29 is 9.26 Å². The van der Waals surface area contributed by atoms with Crippen LogP contribution in [0.3, 0.4) is 0 Å². The van der Waals surface area contributed by atoms with Gasteiger partial charge in [0.15, 0.2) is 0 Å². The molecular formula is C17H28NO2P. The Balaban J connectivity index is 2.08. The molecular weight excluding hydrogens is 281 g/mol. The molecule has 118 valence electrons. The van der Waals surface area contributed by atoms with Gasteiger partial charge < -0.3 is 9.26 Å². The Hall–Kier alpha value is -0.630. The number of hydrogen-bond donors (Lipinski definition) is 0. The predicted octanol–water partition coefficient (Wildman–Crippen LogP) is 4.11. The minimum atomic E-state index is -0.438. The van der Waals surface area contributed by atoms with Crippen LogP contribution in [-0.4, -0.2) is 42.5 Å². The average Bonchev–Trinajstić information content (AvgIpc) is 2.46. The van der Waals surface area contributed by atoms with Crippen LogP contribution in [0.2, 0.25) is 0 Å². The van der Waals surface area contributed by atoms with Gasteiger partial charge in [0.2, 0.25) is 0 Å². The maximum absolute atomic E-state index is 6.42. The van der Waals surface area contributed by atoms with Crippen molar-refractivity contribution in [3.8, 4) is 5.75 Å². The van der Waals surface area contributed by atoms with Crippen LogP contribution in [-0.2, 0) is 11.3 Å². The molecule has 1 saturated heterocycles. The minimum absolute atomic E-state index is 0.438. The fourth-order valence-corrected chi connectivity index (χ4v) is 4.66. The Morgan fingerprint density at radius 2 is 1.71 bits per heavy atom. The minimum Gasteiger partial charge on any atom is -0.473 e. The zero-order valence-corrected chi connectivity index (χ0v) is 14.6. The van der Waals surface area contributed by atoms with Gasteiger partial charge in [0.1, 0.15) is 5.75 Å². The highest BCUT2D eigenvalue weighted by Crippen LogP contribution is 2.47. The lowest BCUT2D eigenvalue weighted by molar-refractivity contribution is 0.0340. The van der Waals surface area contributed by atoms with Gasteiger partial charge in [-0.2, -0.15) is 0 Å². The van der Waals surface area contributed by atoms with Crippen molar-refractivity contribution in [3.05, 3.63) is 29.8 Å². The van der Waals surface area contributed by atoms with Crippen LogP contribution in [0.5, 0.6) is 5.75 Å². The quantitative estimate of drug-likeness (QED) is 0.738. The number of benzene rings is 1. The van der Waals surface area contributed by atoms with E-state index in [4.69, 9.17) is 9.26 Å². The zero-order chi connectivity index (χ0) is 15.2. The van der Waals surface area contributed by atoms with E-state index in [0.717, 1.165) is 38.6 Å². The maximum atomic E-state index is 6.42. The highest BCUT2D eigenvalue weighted by molar-refractivity contribution is 7.54. The topological polar surface area (TPSA) is 21.7 Å². The fraction of sp³-hybridized carbons (Fsp3) is 0.647. The Labute approximate surface area is 130 Å². The van der Waals surface area contributed by atoms with Gasteiger partial charge in [-0.3, -0.25) is 4.90 Å². The Morgan fingerprint density at radius 1 is 1.10 bits per heavy atom. The third-order valence-corrected chi connectivity index (χ3v) is 6.14. The largest absolute Gasteiger partial charge is 0.473 e. The van der Waals surface area contributed by atoms with Crippen LogP contribution < -0.4 is 4.52 Å². The standard InChI is InChI=1S/C17H28NO2P/c1-14(2)21(15(3)4)20-17-8-6-5-7-16(17)13-18-9-11-19-12-10-18/h5-8,14-15H,9-13H2,1-4H3. The second-order valence-electron chi connectivity index (χ2n) is 6.13. The van der Waals surface area contributed by atoms with Gasteiger partial charge in [0, 0.05) is 36.5 Å². The van der Waals surface area contributed by atoms with Crippen molar-refractivity contribution in [3.63, 3.8) is 0 Å². The molecule has 2 rings (SSSR count). The summed E-state index contributed by atoms with van der Waals surface area (Å²) in [5.41, 5.74) is 2.46. The summed E-state index contributed by atoms with van der Waals surface area (Å²) >= 11 is 0. The van der Waals surface area contributed by atoms with Gasteiger partial charge in [-0.05, 0) is 6.07 Å². The molecule has 1 aliphatic rings. The lowest BCUT2D eigenvalue weighted by Crippen LogP contribution is -2.35. The first kappa shape index (κ1) is 16.7. The van der Waals surface area contributed by atoms with Gasteiger partial charge in [-0.1, -0.05) is 45.9 Å². The van der Waals surface area contributed by atoms with Crippen LogP contribution in [0.1, 0.15) is 33.3 Å². The van der Waals surface area contributed by atoms with E-state index in [1.165, 1.54) is 5.56 Å². The first-order chi connectivity index (χ1) is 10.1. The van der Waals surface area contributed by atoms with Crippen molar-refractivity contribution in [2.24, 2.45) is 0 Å². The van der Waals surface area contributed by atoms with E-state index in [1.54, 1.807) is 0 Å². The average molecular weight is 309 g/mol. The molecule has 1 heterocycles. The van der Waals surface area contributed by atoms with Crippen molar-refractivity contribution in [2.75, 3.05) is 26.3 Å². The summed E-state index contributed by atoms with van der Waals surface area (Å²) < 4.78 is 11.8. The highest BCUT2D eigenvalue weighted by Gasteiger charge is 2.21. The van der Waals surface area contributed by atoms with E-state index in [2.05, 4.69) is 56.9 Å². The highest BCUT2D eigenvalue weighted by atomic mass is 31.1. The molecule has 4 heteroatoms. The second-order valence-corrected chi connectivity index (χ2v) is 9.10. The molecule has 1 aromatic carbocycles. The molecule has 3 nitrogen and oxygen atoms in total. The van der Waals surface area contributed by atoms with E-state index in [0.29, 0.717) is 11.3 Å². The Kier molecular flexibility index (Phi) is 6.47. The SMILES string of the molecule is CC(C)P(Oc1ccccc1CN1CCOCC1)C(C)C. The number of para-hydroxylation sites is 1. The van der Waals surface area contributed by atoms with Gasteiger partial charge >= 0.3 is 0 Å². The normalized spacial score (nSPS) is 16.9. The number of hydrogen-bond acceptors (Lipinski definition) is 3. The van der Waals surface area contributed by atoms with E-state index in [9.17, 15) is 0 Å². The molecule has 0 unspecified atom stereocenters. The van der Waals surface area contributed by atoms with Gasteiger partial charge in [0.05, 0.1) is 21.4 Å². The molecule has 1 fully saturated rings. The molecule has 0 aromatic heterocycles. The van der Waals surface area contributed by atoms with Gasteiger partial charge in [-0.15, -0.1) is 0 Å². The van der Waals surface area contributed by atoms with Crippen molar-refractivity contribution in [1.82, 2.24) is 4.90 Å². The summed E-state index contributed by atoms with van der Waals surface area (Å²) in [4.78, 5) is 2.44. The molecule has 0 N–H and O–H groups in total. The summed E-state index contributed by atoms with van der Waals surface area (Å²) in [6.07, 6.45) is 0. The van der Waals surface area contributed by atoms with Crippen LogP contribution in [0.25, 0.3) is 0 Å². The number of ether oxygens (including phenoxy) is 1. The molecule has 0 amide bonds. The maximum Gasteiger partial charge on any atom is 0.127 e. The molecule has 1 aliphatic heterocycles. The van der Waals surface area contributed by atoms with Gasteiger partial charge in [0.25, 0.3) is 0 Å². The monoisotopic (exact) mass is 309 g/mol. The molecule has 0 atom stereocenters. The van der Waals surface area contributed by atoms with Crippen molar-refractivity contribution in [1.29, 1.82) is 0 Å². The molecule has 1 aromatic rings. The smallest absolute Gasteiger partial charge is 0.127 e. The Bertz CT molecular complexity index is 423. The molecule has 0 saturated carbocycles. The lowest BCUT2D eigenvalue weighted by atomic mass is 10.2. The number of rotatable bonds is 6. The van der Waals surface area contributed by atoms with Crippen molar-refractivity contribution in [2.45, 2.75) is 45.6 Å². The third-order valence-electron chi connectivity index (χ3n) is 3.69. The van der Waals surface area contributed by atoms with Crippen LogP contribution in [0.4, 0.5) is 0 Å². The molecule has 0 aliphatic carbocycles. The number of morpholine rings is 1. The molecule has 0 bridgehead atoms. The van der Waals surface area contributed by atoms with E-state index < -0.39 is 8.15 Å². The number of nitrogens with zero attached hydrogens (tertiary/aromatic N) is 1. The third kappa shape index (κ3) is 4.95. The predicted molar refractivity (Wildman–Crippen MR) is 90.4 cm³/mol. The van der Waals surface area contributed by atoms with E-state index in [1.807, 2.05) is 0 Å². The molecule has 0 radical (unpaired) electrons. The summed E-state index contributed by atoms with van der Waals surface area (Å²) in [7, 11) is -0.438. The van der Waals surface area contributed by atoms with Crippen LogP contribution in [0, 0.1) is 0 Å². The summed E-state index contributed by atoms with van der Waals surface area (Å²) in [5, 5.41) is 0. The summed E-state index contributed by atoms with van der Waals surface area (Å²) in [6, 6.07) is 8.50. The summed E-state index contributed by atoms with van der Waals surface area (Å²) in [5.74, 6) is 1.07. The second kappa shape index (κ2) is 8.12. The fourth-order valence-electron chi connectivity index (χ4n) is 2.64. The van der Waals surface area contributed by atoms with Gasteiger partial charge in [-0.25, -0.2) is 0 Å². The summed E-state index contributed by atoms with van der Waals surface area (Å²) in [6.45, 7) is 13.7. The van der Waals surface area contributed by atoms with Crippen LogP contribution in [0.15, 0.2) is 24.3 Å². The molecule has 21 heavy (non-hydrogen) atoms. The first-order valence-corrected chi connectivity index (χ1v) is 9.32. The van der Waals surface area contributed by atoms with Crippen LogP contribution >= 0.6 is 8.15 Å². The van der Waals surface area contributed by atoms with E-state index >= 15 is 0 Å². The Morgan fingerprint density at radius 3 is 2.33 bits per heavy atom. The lowest BCUT2D eigenvalue weighted by Gasteiger charge is -2.29. The first-order valence-electron chi connectivity index (χ1n) is 7.92. The van der Waals surface area contributed by atoms with E-state index in [-0.39, 0.29) is 0 Å². The van der Waals surface area contributed by atoms with Crippen molar-refractivity contribution >= 4 is 8.15 Å². The molecule has 0 spiro atoms.